The molecule has 7 nitrogen and oxygen atoms in total. The van der Waals surface area contributed by atoms with Crippen LogP contribution in [0.1, 0.15) is 47.6 Å². The number of carbonyl (C=O) groups excluding carboxylic acids is 2. The van der Waals surface area contributed by atoms with Crippen molar-refractivity contribution in [2.24, 2.45) is 0 Å². The second-order valence-electron chi connectivity index (χ2n) is 7.00. The van der Waals surface area contributed by atoms with Crippen molar-refractivity contribution in [2.75, 3.05) is 12.4 Å². The van der Waals surface area contributed by atoms with E-state index in [1.54, 1.807) is 7.05 Å². The number of aromatic nitrogens is 2. The van der Waals surface area contributed by atoms with Gasteiger partial charge in [0.2, 0.25) is 5.91 Å². The van der Waals surface area contributed by atoms with Crippen molar-refractivity contribution >= 4 is 17.6 Å². The summed E-state index contributed by atoms with van der Waals surface area (Å²) in [6.07, 6.45) is 5.31. The van der Waals surface area contributed by atoms with Crippen molar-refractivity contribution in [1.29, 1.82) is 0 Å². The van der Waals surface area contributed by atoms with Crippen molar-refractivity contribution in [1.82, 2.24) is 20.6 Å². The number of nitrogens with zero attached hydrogens (tertiary/aromatic N) is 2. The summed E-state index contributed by atoms with van der Waals surface area (Å²) in [5.41, 5.74) is 5.02. The summed E-state index contributed by atoms with van der Waals surface area (Å²) in [7, 11) is 1.62. The standard InChI is InChI=1S/C21H27N5O2/c1-14-16-8-4-6-10-18(16)25-19(24-14)13-23-21(28)26-17-9-5-3-7-15(17)11-12-20(27)22-2/h3,5,7,9H,4,6,8,10-13H2,1-2H3,(H,22,27)(H2,23,26,28). The number of benzene rings is 1. The Kier molecular flexibility index (Phi) is 6.57. The summed E-state index contributed by atoms with van der Waals surface area (Å²) in [5, 5.41) is 8.30. The molecule has 0 saturated heterocycles. The highest BCUT2D eigenvalue weighted by atomic mass is 16.2. The van der Waals surface area contributed by atoms with E-state index in [9.17, 15) is 9.59 Å². The van der Waals surface area contributed by atoms with Gasteiger partial charge in [-0.05, 0) is 56.2 Å². The average Bonchev–Trinajstić information content (AvgIpc) is 2.71. The van der Waals surface area contributed by atoms with Crippen LogP contribution in [0.25, 0.3) is 0 Å². The second-order valence-corrected chi connectivity index (χ2v) is 7.00. The van der Waals surface area contributed by atoms with E-state index in [2.05, 4.69) is 25.9 Å². The predicted molar refractivity (Wildman–Crippen MR) is 108 cm³/mol. The summed E-state index contributed by atoms with van der Waals surface area (Å²) in [6, 6.07) is 7.18. The molecule has 148 valence electrons. The first-order chi connectivity index (χ1) is 13.6. The SMILES string of the molecule is CNC(=O)CCc1ccccc1NC(=O)NCc1nc(C)c2c(n1)CCCC2. The third-order valence-electron chi connectivity index (χ3n) is 5.01. The van der Waals surface area contributed by atoms with E-state index in [1.807, 2.05) is 31.2 Å². The molecule has 3 N–H and O–H groups in total. The van der Waals surface area contributed by atoms with E-state index < -0.39 is 0 Å². The van der Waals surface area contributed by atoms with Crippen molar-refractivity contribution in [3.8, 4) is 0 Å². The fraction of sp³-hybridized carbons (Fsp3) is 0.429. The van der Waals surface area contributed by atoms with E-state index in [1.165, 1.54) is 12.0 Å². The van der Waals surface area contributed by atoms with Gasteiger partial charge >= 0.3 is 6.03 Å². The normalized spacial score (nSPS) is 12.8. The van der Waals surface area contributed by atoms with Gasteiger partial charge in [0.15, 0.2) is 0 Å². The number of aryl methyl sites for hydroxylation is 3. The highest BCUT2D eigenvalue weighted by molar-refractivity contribution is 5.90. The molecule has 2 aromatic rings. The topological polar surface area (TPSA) is 96.0 Å². The van der Waals surface area contributed by atoms with Gasteiger partial charge in [0, 0.05) is 30.5 Å². The number of urea groups is 1. The van der Waals surface area contributed by atoms with Gasteiger partial charge < -0.3 is 16.0 Å². The molecule has 0 radical (unpaired) electrons. The lowest BCUT2D eigenvalue weighted by molar-refractivity contribution is -0.120. The highest BCUT2D eigenvalue weighted by Gasteiger charge is 2.16. The molecule has 7 heteroatoms. The first-order valence-corrected chi connectivity index (χ1v) is 9.75. The average molecular weight is 381 g/mol. The lowest BCUT2D eigenvalue weighted by atomic mass is 9.95. The molecule has 0 unspecified atom stereocenters. The minimum Gasteiger partial charge on any atom is -0.359 e. The second kappa shape index (κ2) is 9.30. The fourth-order valence-corrected chi connectivity index (χ4v) is 3.48. The predicted octanol–water partition coefficient (Wildman–Crippen LogP) is 2.66. The Hall–Kier alpha value is -2.96. The monoisotopic (exact) mass is 381 g/mol. The highest BCUT2D eigenvalue weighted by Crippen LogP contribution is 2.21. The van der Waals surface area contributed by atoms with Crippen molar-refractivity contribution in [3.63, 3.8) is 0 Å². The number of anilines is 1. The summed E-state index contributed by atoms with van der Waals surface area (Å²) in [4.78, 5) is 33.0. The molecule has 0 aliphatic heterocycles. The Morgan fingerprint density at radius 2 is 1.89 bits per heavy atom. The minimum absolute atomic E-state index is 0.0285. The Bertz CT molecular complexity index is 866. The fourth-order valence-electron chi connectivity index (χ4n) is 3.48. The smallest absolute Gasteiger partial charge is 0.319 e. The van der Waals surface area contributed by atoms with Crippen LogP contribution in [0.3, 0.4) is 0 Å². The first kappa shape index (κ1) is 19.8. The zero-order valence-electron chi connectivity index (χ0n) is 16.5. The van der Waals surface area contributed by atoms with E-state index in [-0.39, 0.29) is 18.5 Å². The van der Waals surface area contributed by atoms with Gasteiger partial charge in [0.1, 0.15) is 5.82 Å². The molecule has 1 aliphatic carbocycles. The molecule has 0 fully saturated rings. The van der Waals surface area contributed by atoms with Crippen LogP contribution in [0.5, 0.6) is 0 Å². The van der Waals surface area contributed by atoms with Gasteiger partial charge in [-0.15, -0.1) is 0 Å². The van der Waals surface area contributed by atoms with E-state index in [0.29, 0.717) is 24.4 Å². The maximum atomic E-state index is 12.3. The molecule has 1 aromatic heterocycles. The summed E-state index contributed by atoms with van der Waals surface area (Å²) in [6.45, 7) is 2.29. The minimum atomic E-state index is -0.314. The van der Waals surface area contributed by atoms with Crippen LogP contribution in [0.2, 0.25) is 0 Å². The molecular weight excluding hydrogens is 354 g/mol. The van der Waals surface area contributed by atoms with Crippen LogP contribution >= 0.6 is 0 Å². The quantitative estimate of drug-likeness (QED) is 0.717. The van der Waals surface area contributed by atoms with Crippen molar-refractivity contribution in [2.45, 2.75) is 52.0 Å². The third kappa shape index (κ3) is 5.06. The van der Waals surface area contributed by atoms with E-state index >= 15 is 0 Å². The molecule has 1 aromatic carbocycles. The number of carbonyl (C=O) groups is 2. The van der Waals surface area contributed by atoms with Gasteiger partial charge in [-0.3, -0.25) is 4.79 Å². The molecule has 0 atom stereocenters. The number of hydrogen-bond donors (Lipinski definition) is 3. The maximum Gasteiger partial charge on any atom is 0.319 e. The summed E-state index contributed by atoms with van der Waals surface area (Å²) >= 11 is 0. The molecule has 28 heavy (non-hydrogen) atoms. The molecule has 3 amide bonds. The number of fused-ring (bicyclic) bond motifs is 1. The van der Waals surface area contributed by atoms with Gasteiger partial charge in [-0.2, -0.15) is 0 Å². The van der Waals surface area contributed by atoms with Crippen LogP contribution in [0.15, 0.2) is 24.3 Å². The molecule has 1 heterocycles. The Morgan fingerprint density at radius 1 is 1.11 bits per heavy atom. The van der Waals surface area contributed by atoms with Crippen LogP contribution in [0.4, 0.5) is 10.5 Å². The number of nitrogens with one attached hydrogen (secondary N) is 3. The summed E-state index contributed by atoms with van der Waals surface area (Å²) in [5.74, 6) is 0.611. The molecule has 0 saturated carbocycles. The Labute approximate surface area is 165 Å². The van der Waals surface area contributed by atoms with E-state index in [4.69, 9.17) is 0 Å². The lowest BCUT2D eigenvalue weighted by Gasteiger charge is -2.17. The van der Waals surface area contributed by atoms with E-state index in [0.717, 1.165) is 36.2 Å². The number of rotatable bonds is 6. The zero-order valence-corrected chi connectivity index (χ0v) is 16.5. The van der Waals surface area contributed by atoms with Crippen LogP contribution in [0, 0.1) is 6.92 Å². The van der Waals surface area contributed by atoms with Gasteiger partial charge in [-0.1, -0.05) is 18.2 Å². The van der Waals surface area contributed by atoms with Gasteiger partial charge in [0.25, 0.3) is 0 Å². The van der Waals surface area contributed by atoms with Gasteiger partial charge in [-0.25, -0.2) is 14.8 Å². The largest absolute Gasteiger partial charge is 0.359 e. The zero-order chi connectivity index (χ0) is 19.9. The van der Waals surface area contributed by atoms with Crippen molar-refractivity contribution in [3.05, 3.63) is 52.6 Å². The van der Waals surface area contributed by atoms with Crippen LogP contribution < -0.4 is 16.0 Å². The van der Waals surface area contributed by atoms with Crippen molar-refractivity contribution < 1.29 is 9.59 Å². The Balaban J connectivity index is 1.59. The van der Waals surface area contributed by atoms with Crippen LogP contribution in [-0.2, 0) is 30.6 Å². The first-order valence-electron chi connectivity index (χ1n) is 9.75. The molecule has 3 rings (SSSR count). The molecule has 1 aliphatic rings. The van der Waals surface area contributed by atoms with Crippen LogP contribution in [-0.4, -0.2) is 29.0 Å². The molecule has 0 bridgehead atoms. The lowest BCUT2D eigenvalue weighted by Crippen LogP contribution is -2.30. The summed E-state index contributed by atoms with van der Waals surface area (Å²) < 4.78 is 0. The molecular formula is C21H27N5O2. The molecule has 0 spiro atoms. The third-order valence-corrected chi connectivity index (χ3v) is 5.01. The maximum absolute atomic E-state index is 12.3. The number of para-hydroxylation sites is 1. The Morgan fingerprint density at radius 3 is 2.71 bits per heavy atom. The number of hydrogen-bond acceptors (Lipinski definition) is 4. The number of amides is 3. The van der Waals surface area contributed by atoms with Gasteiger partial charge in [0.05, 0.1) is 6.54 Å².